The number of nitrogens with one attached hydrogen (secondary N) is 1. The Morgan fingerprint density at radius 3 is 2.75 bits per heavy atom. The molecule has 0 saturated carbocycles. The van der Waals surface area contributed by atoms with Crippen molar-refractivity contribution in [3.63, 3.8) is 0 Å². The average Bonchev–Trinajstić information content (AvgIpc) is 2.35. The van der Waals surface area contributed by atoms with Crippen LogP contribution in [0.3, 0.4) is 0 Å². The van der Waals surface area contributed by atoms with Gasteiger partial charge in [0.05, 0.1) is 13.1 Å². The van der Waals surface area contributed by atoms with Crippen LogP contribution < -0.4 is 11.1 Å². The van der Waals surface area contributed by atoms with Crippen molar-refractivity contribution in [2.45, 2.75) is 0 Å². The van der Waals surface area contributed by atoms with E-state index < -0.39 is 0 Å². The van der Waals surface area contributed by atoms with Gasteiger partial charge in [0, 0.05) is 6.54 Å². The van der Waals surface area contributed by atoms with Crippen LogP contribution >= 0.6 is 0 Å². The summed E-state index contributed by atoms with van der Waals surface area (Å²) in [6.07, 6.45) is 0. The lowest BCUT2D eigenvalue weighted by Crippen LogP contribution is -2.33. The fourth-order valence-electron chi connectivity index (χ4n) is 0.903. The van der Waals surface area contributed by atoms with Crippen LogP contribution in [0.4, 0.5) is 4.79 Å². The van der Waals surface area contributed by atoms with E-state index in [0.717, 1.165) is 4.90 Å². The van der Waals surface area contributed by atoms with Crippen LogP contribution in [0.15, 0.2) is 12.2 Å². The van der Waals surface area contributed by atoms with E-state index in [-0.39, 0.29) is 31.6 Å². The Morgan fingerprint density at radius 2 is 2.33 bits per heavy atom. The molecule has 5 nitrogen and oxygen atoms in total. The second kappa shape index (κ2) is 3.36. The van der Waals surface area contributed by atoms with Crippen LogP contribution in [0.1, 0.15) is 0 Å². The summed E-state index contributed by atoms with van der Waals surface area (Å²) in [5.74, 6) is -0.227. The lowest BCUT2D eigenvalue weighted by Gasteiger charge is -2.12. The molecule has 0 aromatic heterocycles. The molecule has 0 aromatic rings. The quantitative estimate of drug-likeness (QED) is 0.422. The van der Waals surface area contributed by atoms with Gasteiger partial charge in [0.15, 0.2) is 0 Å². The van der Waals surface area contributed by atoms with Crippen molar-refractivity contribution in [3.8, 4) is 0 Å². The second-order valence-electron chi connectivity index (χ2n) is 2.59. The summed E-state index contributed by atoms with van der Waals surface area (Å²) < 4.78 is 0. The zero-order chi connectivity index (χ0) is 9.14. The molecular weight excluding hydrogens is 158 g/mol. The molecule has 12 heavy (non-hydrogen) atoms. The molecule has 0 spiro atoms. The minimum atomic E-state index is -0.366. The number of amides is 3. The highest BCUT2D eigenvalue weighted by Gasteiger charge is 2.28. The monoisotopic (exact) mass is 169 g/mol. The number of nitrogens with zero attached hydrogens (tertiary/aromatic N) is 1. The van der Waals surface area contributed by atoms with Crippen molar-refractivity contribution in [1.29, 1.82) is 0 Å². The van der Waals surface area contributed by atoms with Crippen LogP contribution in [0, 0.1) is 0 Å². The Bertz CT molecular complexity index is 221. The van der Waals surface area contributed by atoms with Crippen molar-refractivity contribution in [3.05, 3.63) is 12.2 Å². The molecule has 0 atom stereocenters. The van der Waals surface area contributed by atoms with Gasteiger partial charge < -0.3 is 11.1 Å². The molecule has 66 valence electrons. The molecule has 1 aliphatic rings. The van der Waals surface area contributed by atoms with Crippen LogP contribution in [0.5, 0.6) is 0 Å². The summed E-state index contributed by atoms with van der Waals surface area (Å²) in [5.41, 5.74) is 5.94. The molecule has 0 aliphatic carbocycles. The third kappa shape index (κ3) is 1.62. The summed E-state index contributed by atoms with van der Waals surface area (Å²) in [6.45, 7) is 4.20. The van der Waals surface area contributed by atoms with E-state index in [4.69, 9.17) is 5.73 Å². The first-order valence-electron chi connectivity index (χ1n) is 3.60. The summed E-state index contributed by atoms with van der Waals surface area (Å²) in [5, 5.41) is 2.40. The van der Waals surface area contributed by atoms with E-state index in [1.165, 1.54) is 0 Å². The molecule has 3 amide bonds. The van der Waals surface area contributed by atoms with Gasteiger partial charge in [0.25, 0.3) is 0 Å². The van der Waals surface area contributed by atoms with Crippen LogP contribution in [0.2, 0.25) is 0 Å². The molecule has 0 radical (unpaired) electrons. The van der Waals surface area contributed by atoms with Crippen molar-refractivity contribution >= 4 is 11.9 Å². The zero-order valence-electron chi connectivity index (χ0n) is 6.67. The summed E-state index contributed by atoms with van der Waals surface area (Å²) in [6, 6.07) is -0.366. The van der Waals surface area contributed by atoms with E-state index in [1.54, 1.807) is 0 Å². The first-order valence-corrected chi connectivity index (χ1v) is 3.60. The molecule has 5 heteroatoms. The normalized spacial score (nSPS) is 16.6. The molecule has 3 N–H and O–H groups in total. The largest absolute Gasteiger partial charge is 0.329 e. The zero-order valence-corrected chi connectivity index (χ0v) is 6.67. The Balaban J connectivity index is 2.56. The molecular formula is C7H11N3O2. The molecule has 1 fully saturated rings. The van der Waals surface area contributed by atoms with Gasteiger partial charge in [-0.05, 0) is 5.57 Å². The van der Waals surface area contributed by atoms with Crippen LogP contribution in [-0.4, -0.2) is 36.5 Å². The van der Waals surface area contributed by atoms with Crippen molar-refractivity contribution < 1.29 is 9.59 Å². The maximum atomic E-state index is 11.0. The fourth-order valence-corrected chi connectivity index (χ4v) is 0.903. The van der Waals surface area contributed by atoms with E-state index in [1.807, 2.05) is 0 Å². The van der Waals surface area contributed by atoms with Gasteiger partial charge in [0.2, 0.25) is 5.91 Å². The Hall–Kier alpha value is -1.36. The van der Waals surface area contributed by atoms with Crippen LogP contribution in [-0.2, 0) is 4.79 Å². The molecule has 1 rings (SSSR count). The Morgan fingerprint density at radius 1 is 1.67 bits per heavy atom. The molecule has 0 bridgehead atoms. The van der Waals surface area contributed by atoms with Crippen molar-refractivity contribution in [2.24, 2.45) is 5.73 Å². The summed E-state index contributed by atoms with van der Waals surface area (Å²) in [4.78, 5) is 23.1. The number of nitrogens with two attached hydrogens (primary N) is 1. The Kier molecular flexibility index (Phi) is 2.44. The van der Waals surface area contributed by atoms with Gasteiger partial charge >= 0.3 is 6.03 Å². The molecule has 1 saturated heterocycles. The van der Waals surface area contributed by atoms with Gasteiger partial charge in [0.1, 0.15) is 0 Å². The topological polar surface area (TPSA) is 75.4 Å². The number of hydrogen-bond acceptors (Lipinski definition) is 3. The van der Waals surface area contributed by atoms with Gasteiger partial charge in [-0.25, -0.2) is 4.79 Å². The minimum absolute atomic E-state index is 0.0800. The summed E-state index contributed by atoms with van der Waals surface area (Å²) >= 11 is 0. The van der Waals surface area contributed by atoms with E-state index in [9.17, 15) is 9.59 Å². The minimum Gasteiger partial charge on any atom is -0.329 e. The fraction of sp³-hybridized carbons (Fsp3) is 0.429. The van der Waals surface area contributed by atoms with E-state index in [0.29, 0.717) is 5.57 Å². The smallest absolute Gasteiger partial charge is 0.324 e. The third-order valence-corrected chi connectivity index (χ3v) is 1.61. The highest BCUT2D eigenvalue weighted by molar-refractivity contribution is 6.02. The van der Waals surface area contributed by atoms with E-state index >= 15 is 0 Å². The third-order valence-electron chi connectivity index (χ3n) is 1.61. The molecule has 1 aliphatic heterocycles. The van der Waals surface area contributed by atoms with E-state index in [2.05, 4.69) is 11.9 Å². The standard InChI is InChI=1S/C7H11N3O2/c1-5(2-8)4-10-6(11)3-9-7(10)12/h1-4,8H2,(H,9,12). The highest BCUT2D eigenvalue weighted by Crippen LogP contribution is 2.01. The number of hydrogen-bond donors (Lipinski definition) is 2. The number of imide groups is 1. The first kappa shape index (κ1) is 8.73. The van der Waals surface area contributed by atoms with Gasteiger partial charge in [-0.2, -0.15) is 0 Å². The average molecular weight is 169 g/mol. The summed E-state index contributed by atoms with van der Waals surface area (Å²) in [7, 11) is 0. The molecule has 0 unspecified atom stereocenters. The van der Waals surface area contributed by atoms with Gasteiger partial charge in [-0.1, -0.05) is 6.58 Å². The number of carbonyl (C=O) groups excluding carboxylic acids is 2. The molecule has 1 heterocycles. The number of carbonyl (C=O) groups is 2. The predicted molar refractivity (Wildman–Crippen MR) is 43.3 cm³/mol. The predicted octanol–water partition coefficient (Wildman–Crippen LogP) is -0.947. The lowest BCUT2D eigenvalue weighted by atomic mass is 10.3. The number of rotatable bonds is 3. The molecule has 0 aromatic carbocycles. The van der Waals surface area contributed by atoms with Crippen molar-refractivity contribution in [1.82, 2.24) is 10.2 Å². The van der Waals surface area contributed by atoms with Crippen molar-refractivity contribution in [2.75, 3.05) is 19.6 Å². The second-order valence-corrected chi connectivity index (χ2v) is 2.59. The lowest BCUT2D eigenvalue weighted by molar-refractivity contribution is -0.124. The SMILES string of the molecule is C=C(CN)CN1C(=O)CNC1=O. The maximum absolute atomic E-state index is 11.0. The number of urea groups is 1. The Labute approximate surface area is 70.2 Å². The first-order chi connectivity index (χ1) is 5.65. The maximum Gasteiger partial charge on any atom is 0.324 e. The van der Waals surface area contributed by atoms with Gasteiger partial charge in [-0.15, -0.1) is 0 Å². The highest BCUT2D eigenvalue weighted by atomic mass is 16.2. The van der Waals surface area contributed by atoms with Crippen LogP contribution in [0.25, 0.3) is 0 Å². The van der Waals surface area contributed by atoms with Gasteiger partial charge in [-0.3, -0.25) is 9.69 Å².